The van der Waals surface area contributed by atoms with Crippen molar-refractivity contribution in [2.45, 2.75) is 39.8 Å². The summed E-state index contributed by atoms with van der Waals surface area (Å²) < 4.78 is 5.65. The van der Waals surface area contributed by atoms with Crippen molar-refractivity contribution < 1.29 is 14.3 Å². The first-order valence-electron chi connectivity index (χ1n) is 9.45. The smallest absolute Gasteiger partial charge is 0.261 e. The van der Waals surface area contributed by atoms with Gasteiger partial charge in [-0.1, -0.05) is 48.4 Å². The molecule has 0 unspecified atom stereocenters. The van der Waals surface area contributed by atoms with E-state index in [0.29, 0.717) is 30.3 Å². The number of benzene rings is 2. The van der Waals surface area contributed by atoms with Crippen molar-refractivity contribution in [1.82, 2.24) is 10.2 Å². The summed E-state index contributed by atoms with van der Waals surface area (Å²) in [7, 11) is 0. The fourth-order valence-corrected chi connectivity index (χ4v) is 2.99. The number of aryl methyl sites for hydroxylation is 1. The van der Waals surface area contributed by atoms with Crippen molar-refractivity contribution in [2.24, 2.45) is 0 Å². The van der Waals surface area contributed by atoms with Gasteiger partial charge in [-0.25, -0.2) is 0 Å². The van der Waals surface area contributed by atoms with Crippen molar-refractivity contribution in [3.63, 3.8) is 0 Å². The molecule has 0 heterocycles. The molecule has 150 valence electrons. The number of ether oxygens (including phenoxy) is 1. The molecule has 0 aliphatic carbocycles. The van der Waals surface area contributed by atoms with Crippen molar-refractivity contribution in [3.05, 3.63) is 64.7 Å². The summed E-state index contributed by atoms with van der Waals surface area (Å²) in [6, 6.07) is 14.2. The van der Waals surface area contributed by atoms with E-state index in [-0.39, 0.29) is 18.4 Å². The van der Waals surface area contributed by atoms with Gasteiger partial charge in [0.25, 0.3) is 5.91 Å². The van der Waals surface area contributed by atoms with E-state index in [4.69, 9.17) is 16.3 Å². The highest BCUT2D eigenvalue weighted by molar-refractivity contribution is 6.30. The maximum Gasteiger partial charge on any atom is 0.261 e. The summed E-state index contributed by atoms with van der Waals surface area (Å²) in [5.41, 5.74) is 2.01. The van der Waals surface area contributed by atoms with Gasteiger partial charge in [0.15, 0.2) is 6.61 Å². The van der Waals surface area contributed by atoms with Crippen molar-refractivity contribution >= 4 is 23.4 Å². The second-order valence-corrected chi connectivity index (χ2v) is 7.00. The second kappa shape index (κ2) is 10.7. The number of hydrogen-bond donors (Lipinski definition) is 1. The van der Waals surface area contributed by atoms with E-state index < -0.39 is 6.04 Å². The third-order valence-electron chi connectivity index (χ3n) is 4.39. The van der Waals surface area contributed by atoms with E-state index in [1.807, 2.05) is 57.2 Å². The Balaban J connectivity index is 2.16. The van der Waals surface area contributed by atoms with Gasteiger partial charge in [0.1, 0.15) is 11.8 Å². The molecule has 0 aliphatic heterocycles. The summed E-state index contributed by atoms with van der Waals surface area (Å²) >= 11 is 5.96. The molecule has 0 radical (unpaired) electrons. The van der Waals surface area contributed by atoms with Crippen LogP contribution in [0.5, 0.6) is 5.75 Å². The van der Waals surface area contributed by atoms with Crippen molar-refractivity contribution in [3.8, 4) is 5.75 Å². The first-order valence-corrected chi connectivity index (χ1v) is 9.83. The van der Waals surface area contributed by atoms with E-state index in [0.717, 1.165) is 11.1 Å². The van der Waals surface area contributed by atoms with Crippen LogP contribution in [0.1, 0.15) is 31.4 Å². The van der Waals surface area contributed by atoms with Gasteiger partial charge in [-0.2, -0.15) is 0 Å². The summed E-state index contributed by atoms with van der Waals surface area (Å²) in [5, 5.41) is 3.44. The lowest BCUT2D eigenvalue weighted by Gasteiger charge is -2.30. The van der Waals surface area contributed by atoms with E-state index >= 15 is 0 Å². The number of carbonyl (C=O) groups excluding carboxylic acids is 2. The molecule has 0 saturated carbocycles. The van der Waals surface area contributed by atoms with Crippen LogP contribution in [0.4, 0.5) is 0 Å². The van der Waals surface area contributed by atoms with Gasteiger partial charge in [0.05, 0.1) is 0 Å². The maximum absolute atomic E-state index is 13.0. The molecule has 2 aromatic carbocycles. The SMILES string of the molecule is CCNC(=O)[C@H](CC)N(Cc1ccc(Cl)cc1)C(=O)COc1ccc(C)cc1. The van der Waals surface area contributed by atoms with Crippen molar-refractivity contribution in [2.75, 3.05) is 13.2 Å². The number of amides is 2. The predicted octanol–water partition coefficient (Wildman–Crippen LogP) is 3.97. The number of rotatable bonds is 9. The number of halogens is 1. The molecule has 0 bridgehead atoms. The van der Waals surface area contributed by atoms with Crippen LogP contribution in [0.3, 0.4) is 0 Å². The van der Waals surface area contributed by atoms with Gasteiger partial charge in [0, 0.05) is 18.1 Å². The molecule has 2 rings (SSSR count). The number of nitrogens with zero attached hydrogens (tertiary/aromatic N) is 1. The average Bonchev–Trinajstić information content (AvgIpc) is 2.69. The third kappa shape index (κ3) is 6.27. The monoisotopic (exact) mass is 402 g/mol. The number of nitrogens with one attached hydrogen (secondary N) is 1. The summed E-state index contributed by atoms with van der Waals surface area (Å²) in [5.74, 6) is 0.215. The Hall–Kier alpha value is -2.53. The fraction of sp³-hybridized carbons (Fsp3) is 0.364. The van der Waals surface area contributed by atoms with Gasteiger partial charge in [-0.15, -0.1) is 0 Å². The fourth-order valence-electron chi connectivity index (χ4n) is 2.86. The molecule has 6 heteroatoms. The van der Waals surface area contributed by atoms with Crippen LogP contribution >= 0.6 is 11.6 Å². The van der Waals surface area contributed by atoms with E-state index in [1.54, 1.807) is 17.0 Å². The second-order valence-electron chi connectivity index (χ2n) is 6.57. The summed E-state index contributed by atoms with van der Waals surface area (Å²) in [6.07, 6.45) is 0.510. The largest absolute Gasteiger partial charge is 0.484 e. The van der Waals surface area contributed by atoms with Gasteiger partial charge in [-0.3, -0.25) is 9.59 Å². The minimum Gasteiger partial charge on any atom is -0.484 e. The Morgan fingerprint density at radius 1 is 1.07 bits per heavy atom. The quantitative estimate of drug-likeness (QED) is 0.690. The molecular weight excluding hydrogens is 376 g/mol. The number of hydrogen-bond acceptors (Lipinski definition) is 3. The Bertz CT molecular complexity index is 775. The highest BCUT2D eigenvalue weighted by Gasteiger charge is 2.28. The Morgan fingerprint density at radius 2 is 1.71 bits per heavy atom. The molecule has 1 N–H and O–H groups in total. The van der Waals surface area contributed by atoms with Crippen LogP contribution in [-0.2, 0) is 16.1 Å². The Kier molecular flexibility index (Phi) is 8.33. The molecule has 0 aromatic heterocycles. The molecule has 0 fully saturated rings. The van der Waals surface area contributed by atoms with Crippen LogP contribution in [0.25, 0.3) is 0 Å². The lowest BCUT2D eigenvalue weighted by Crippen LogP contribution is -2.50. The molecular formula is C22H27ClN2O3. The average molecular weight is 403 g/mol. The summed E-state index contributed by atoms with van der Waals surface area (Å²) in [6.45, 7) is 6.42. The lowest BCUT2D eigenvalue weighted by molar-refractivity contribution is -0.142. The Labute approximate surface area is 171 Å². The first-order chi connectivity index (χ1) is 13.4. The van der Waals surface area contributed by atoms with Crippen LogP contribution in [0, 0.1) is 6.92 Å². The highest BCUT2D eigenvalue weighted by atomic mass is 35.5. The van der Waals surface area contributed by atoms with Gasteiger partial charge >= 0.3 is 0 Å². The molecule has 0 aliphatic rings. The molecule has 0 spiro atoms. The van der Waals surface area contributed by atoms with Gasteiger partial charge < -0.3 is 15.0 Å². The van der Waals surface area contributed by atoms with Crippen LogP contribution in [0.2, 0.25) is 5.02 Å². The molecule has 0 saturated heterocycles. The standard InChI is InChI=1S/C22H27ClN2O3/c1-4-20(22(27)24-5-2)25(14-17-8-10-18(23)11-9-17)21(26)15-28-19-12-6-16(3)7-13-19/h6-13,20H,4-5,14-15H2,1-3H3,(H,24,27)/t20-/m0/s1. The minimum absolute atomic E-state index is 0.132. The normalized spacial score (nSPS) is 11.6. The minimum atomic E-state index is -0.565. The summed E-state index contributed by atoms with van der Waals surface area (Å²) in [4.78, 5) is 27.0. The topological polar surface area (TPSA) is 58.6 Å². The number of likely N-dealkylation sites (N-methyl/N-ethyl adjacent to an activating group) is 1. The lowest BCUT2D eigenvalue weighted by atomic mass is 10.1. The zero-order chi connectivity index (χ0) is 20.5. The number of carbonyl (C=O) groups is 2. The van der Waals surface area contributed by atoms with E-state index in [2.05, 4.69) is 5.32 Å². The first kappa shape index (κ1) is 21.8. The van der Waals surface area contributed by atoms with Crippen molar-refractivity contribution in [1.29, 1.82) is 0 Å². The zero-order valence-electron chi connectivity index (χ0n) is 16.6. The molecule has 1 atom stereocenters. The molecule has 2 amide bonds. The van der Waals surface area contributed by atoms with Gasteiger partial charge in [-0.05, 0) is 50.1 Å². The highest BCUT2D eigenvalue weighted by Crippen LogP contribution is 2.16. The zero-order valence-corrected chi connectivity index (χ0v) is 17.3. The van der Waals surface area contributed by atoms with Crippen LogP contribution in [-0.4, -0.2) is 35.9 Å². The molecule has 28 heavy (non-hydrogen) atoms. The third-order valence-corrected chi connectivity index (χ3v) is 4.64. The molecule has 5 nitrogen and oxygen atoms in total. The Morgan fingerprint density at radius 3 is 2.29 bits per heavy atom. The van der Waals surface area contributed by atoms with Gasteiger partial charge in [0.2, 0.25) is 5.91 Å². The predicted molar refractivity (Wildman–Crippen MR) is 111 cm³/mol. The maximum atomic E-state index is 13.0. The van der Waals surface area contributed by atoms with Crippen LogP contribution in [0.15, 0.2) is 48.5 Å². The van der Waals surface area contributed by atoms with Crippen LogP contribution < -0.4 is 10.1 Å². The van der Waals surface area contributed by atoms with E-state index in [9.17, 15) is 9.59 Å². The van der Waals surface area contributed by atoms with E-state index in [1.165, 1.54) is 0 Å². The molecule has 2 aromatic rings.